The van der Waals surface area contributed by atoms with Gasteiger partial charge in [-0.15, -0.1) is 0 Å². The second-order valence-electron chi connectivity index (χ2n) is 7.00. The molecule has 4 N–H and O–H groups in total. The van der Waals surface area contributed by atoms with Crippen LogP contribution in [0.1, 0.15) is 28.6 Å². The standard InChI is InChI=1S/C19H21N5O6/c1-29-17(27)11-4-2-10(3-5-11)8-23-13-7-21-18(20)22-15(13)24(19(23)28)16-14(26)6-12(9-25)30-16/h2-5,7,12,14,16,25-26H,6,8-9H2,1H3,(H2,20,21,22)/t12-,14+,16+/m0/s1. The molecule has 30 heavy (non-hydrogen) atoms. The monoisotopic (exact) mass is 415 g/mol. The van der Waals surface area contributed by atoms with Gasteiger partial charge in [-0.05, 0) is 17.7 Å². The van der Waals surface area contributed by atoms with Gasteiger partial charge < -0.3 is 25.4 Å². The number of aliphatic hydroxyl groups excluding tert-OH is 2. The summed E-state index contributed by atoms with van der Waals surface area (Å²) in [6.07, 6.45) is -0.955. The van der Waals surface area contributed by atoms with E-state index in [2.05, 4.69) is 14.7 Å². The van der Waals surface area contributed by atoms with Crippen LogP contribution in [0.4, 0.5) is 5.95 Å². The van der Waals surface area contributed by atoms with Gasteiger partial charge in [0.05, 0.1) is 38.1 Å². The molecule has 3 aromatic rings. The number of fused-ring (bicyclic) bond motifs is 1. The summed E-state index contributed by atoms with van der Waals surface area (Å²) < 4.78 is 13.0. The summed E-state index contributed by atoms with van der Waals surface area (Å²) in [5.41, 5.74) is 7.03. The number of anilines is 1. The van der Waals surface area contributed by atoms with Crippen LogP contribution < -0.4 is 11.4 Å². The second-order valence-corrected chi connectivity index (χ2v) is 7.00. The molecule has 1 aliphatic rings. The molecule has 2 aromatic heterocycles. The number of carbonyl (C=O) groups excluding carboxylic acids is 1. The van der Waals surface area contributed by atoms with E-state index in [0.717, 1.165) is 5.56 Å². The minimum Gasteiger partial charge on any atom is -0.465 e. The van der Waals surface area contributed by atoms with Gasteiger partial charge in [0, 0.05) is 6.42 Å². The molecule has 0 unspecified atom stereocenters. The van der Waals surface area contributed by atoms with Crippen LogP contribution in [-0.2, 0) is 16.0 Å². The van der Waals surface area contributed by atoms with Crippen LogP contribution in [0.25, 0.3) is 11.2 Å². The third-order valence-corrected chi connectivity index (χ3v) is 5.06. The van der Waals surface area contributed by atoms with Crippen molar-refractivity contribution in [2.24, 2.45) is 0 Å². The first-order chi connectivity index (χ1) is 14.4. The van der Waals surface area contributed by atoms with Gasteiger partial charge in [-0.1, -0.05) is 12.1 Å². The number of imidazole rings is 1. The molecule has 1 fully saturated rings. The van der Waals surface area contributed by atoms with Gasteiger partial charge in [0.25, 0.3) is 0 Å². The molecule has 1 aromatic carbocycles. The number of nitrogen functional groups attached to an aromatic ring is 1. The van der Waals surface area contributed by atoms with Crippen molar-refractivity contribution in [2.75, 3.05) is 19.5 Å². The minimum absolute atomic E-state index is 0.0259. The number of hydrogen-bond donors (Lipinski definition) is 3. The fourth-order valence-corrected chi connectivity index (χ4v) is 3.58. The molecule has 11 nitrogen and oxygen atoms in total. The summed E-state index contributed by atoms with van der Waals surface area (Å²) in [5, 5.41) is 19.7. The zero-order chi connectivity index (χ0) is 21.4. The molecule has 0 radical (unpaired) electrons. The number of methoxy groups -OCH3 is 1. The Hall–Kier alpha value is -3.28. The van der Waals surface area contributed by atoms with E-state index in [4.69, 9.17) is 10.5 Å². The largest absolute Gasteiger partial charge is 0.465 e. The van der Waals surface area contributed by atoms with Gasteiger partial charge in [0.1, 0.15) is 11.6 Å². The van der Waals surface area contributed by atoms with Crippen molar-refractivity contribution >= 4 is 23.1 Å². The van der Waals surface area contributed by atoms with E-state index >= 15 is 0 Å². The molecule has 0 bridgehead atoms. The van der Waals surface area contributed by atoms with Crippen molar-refractivity contribution in [2.45, 2.75) is 31.4 Å². The summed E-state index contributed by atoms with van der Waals surface area (Å²) in [4.78, 5) is 33.0. The van der Waals surface area contributed by atoms with Crippen LogP contribution in [-0.4, -0.2) is 61.2 Å². The lowest BCUT2D eigenvalue weighted by molar-refractivity contribution is -0.0505. The Morgan fingerprint density at radius 3 is 2.73 bits per heavy atom. The first kappa shape index (κ1) is 20.0. The van der Waals surface area contributed by atoms with E-state index in [1.54, 1.807) is 24.3 Å². The van der Waals surface area contributed by atoms with Crippen molar-refractivity contribution in [1.29, 1.82) is 0 Å². The molecule has 0 spiro atoms. The zero-order valence-electron chi connectivity index (χ0n) is 16.1. The number of benzene rings is 1. The number of nitrogens with zero attached hydrogens (tertiary/aromatic N) is 4. The van der Waals surface area contributed by atoms with E-state index < -0.39 is 30.1 Å². The summed E-state index contributed by atoms with van der Waals surface area (Å²) in [7, 11) is 1.30. The number of aliphatic hydroxyl groups is 2. The molecule has 1 saturated heterocycles. The fraction of sp³-hybridized carbons (Fsp3) is 0.368. The number of aromatic nitrogens is 4. The third kappa shape index (κ3) is 3.43. The van der Waals surface area contributed by atoms with Crippen LogP contribution in [0.5, 0.6) is 0 Å². The Bertz CT molecular complexity index is 1140. The lowest BCUT2D eigenvalue weighted by atomic mass is 10.1. The van der Waals surface area contributed by atoms with Crippen LogP contribution >= 0.6 is 0 Å². The van der Waals surface area contributed by atoms with Crippen molar-refractivity contribution in [3.8, 4) is 0 Å². The maximum Gasteiger partial charge on any atom is 0.337 e. The molecule has 3 heterocycles. The summed E-state index contributed by atoms with van der Waals surface area (Å²) >= 11 is 0. The van der Waals surface area contributed by atoms with E-state index in [1.807, 2.05) is 0 Å². The van der Waals surface area contributed by atoms with E-state index in [9.17, 15) is 19.8 Å². The van der Waals surface area contributed by atoms with Gasteiger partial charge in [-0.25, -0.2) is 19.1 Å². The van der Waals surface area contributed by atoms with Crippen LogP contribution in [0, 0.1) is 0 Å². The molecular weight excluding hydrogens is 394 g/mol. The SMILES string of the molecule is COC(=O)c1ccc(Cn2c(=O)n([C@@H]3O[C@H](CO)C[C@H]3O)c3nc(N)ncc32)cc1. The Balaban J connectivity index is 1.77. The lowest BCUT2D eigenvalue weighted by Gasteiger charge is -2.15. The average Bonchev–Trinajstić information content (AvgIpc) is 3.24. The molecule has 0 aliphatic carbocycles. The number of carbonyl (C=O) groups is 1. The Morgan fingerprint density at radius 1 is 1.37 bits per heavy atom. The lowest BCUT2D eigenvalue weighted by Crippen LogP contribution is -2.32. The summed E-state index contributed by atoms with van der Waals surface area (Å²) in [6.45, 7) is -0.103. The molecule has 11 heteroatoms. The zero-order valence-corrected chi connectivity index (χ0v) is 16.1. The topological polar surface area (TPSA) is 155 Å². The van der Waals surface area contributed by atoms with Crippen LogP contribution in [0.15, 0.2) is 35.3 Å². The normalized spacial score (nSPS) is 21.2. The van der Waals surface area contributed by atoms with Crippen molar-refractivity contribution in [3.63, 3.8) is 0 Å². The van der Waals surface area contributed by atoms with E-state index in [1.165, 1.54) is 22.4 Å². The predicted octanol–water partition coefficient (Wildman–Crippen LogP) is -0.349. The summed E-state index contributed by atoms with van der Waals surface area (Å²) in [6, 6.07) is 6.64. The highest BCUT2D eigenvalue weighted by Crippen LogP contribution is 2.30. The van der Waals surface area contributed by atoms with Gasteiger partial charge in [0.15, 0.2) is 11.9 Å². The number of hydrogen-bond acceptors (Lipinski definition) is 9. The highest BCUT2D eigenvalue weighted by atomic mass is 16.5. The molecular formula is C19H21N5O6. The van der Waals surface area contributed by atoms with Gasteiger partial charge in [0.2, 0.25) is 5.95 Å². The van der Waals surface area contributed by atoms with Crippen LogP contribution in [0.2, 0.25) is 0 Å². The van der Waals surface area contributed by atoms with Crippen molar-refractivity contribution in [1.82, 2.24) is 19.1 Å². The third-order valence-electron chi connectivity index (χ3n) is 5.06. The summed E-state index contributed by atoms with van der Waals surface area (Å²) in [5.74, 6) is -0.480. The maximum absolute atomic E-state index is 13.2. The molecule has 158 valence electrons. The van der Waals surface area contributed by atoms with Crippen LogP contribution in [0.3, 0.4) is 0 Å². The second kappa shape index (κ2) is 7.86. The van der Waals surface area contributed by atoms with E-state index in [0.29, 0.717) is 11.1 Å². The van der Waals surface area contributed by atoms with Crippen molar-refractivity contribution in [3.05, 3.63) is 52.1 Å². The smallest absolute Gasteiger partial charge is 0.337 e. The minimum atomic E-state index is -1.01. The van der Waals surface area contributed by atoms with Gasteiger partial charge in [-0.3, -0.25) is 4.57 Å². The first-order valence-electron chi connectivity index (χ1n) is 9.27. The van der Waals surface area contributed by atoms with Gasteiger partial charge in [-0.2, -0.15) is 4.98 Å². The van der Waals surface area contributed by atoms with Crippen molar-refractivity contribution < 1.29 is 24.5 Å². The highest BCUT2D eigenvalue weighted by Gasteiger charge is 2.37. The molecule has 4 rings (SSSR count). The number of rotatable bonds is 5. The number of nitrogens with two attached hydrogens (primary N) is 1. The highest BCUT2D eigenvalue weighted by molar-refractivity contribution is 5.89. The molecule has 0 amide bonds. The van der Waals surface area contributed by atoms with E-state index in [-0.39, 0.29) is 31.2 Å². The quantitative estimate of drug-likeness (QED) is 0.474. The molecule has 1 aliphatic heterocycles. The Labute approximate surface area is 170 Å². The average molecular weight is 415 g/mol. The Kier molecular flexibility index (Phi) is 5.24. The first-order valence-corrected chi connectivity index (χ1v) is 9.27. The number of esters is 1. The molecule has 0 saturated carbocycles. The van der Waals surface area contributed by atoms with Gasteiger partial charge >= 0.3 is 11.7 Å². The Morgan fingerprint density at radius 2 is 2.10 bits per heavy atom. The predicted molar refractivity (Wildman–Crippen MR) is 105 cm³/mol. The molecule has 3 atom stereocenters. The maximum atomic E-state index is 13.2. The number of ether oxygens (including phenoxy) is 2. The fourth-order valence-electron chi connectivity index (χ4n) is 3.58.